The number of ketones is 1. The van der Waals surface area contributed by atoms with Crippen molar-refractivity contribution >= 4 is 11.8 Å². The van der Waals surface area contributed by atoms with Gasteiger partial charge in [-0.25, -0.2) is 0 Å². The van der Waals surface area contributed by atoms with Gasteiger partial charge in [0.2, 0.25) is 0 Å². The second-order valence-electron chi connectivity index (χ2n) is 9.97. The summed E-state index contributed by atoms with van der Waals surface area (Å²) in [7, 11) is 0. The molecule has 2 saturated carbocycles. The molecular formula is C22H32O5. The Morgan fingerprint density at radius 1 is 1.26 bits per heavy atom. The molecule has 3 aliphatic carbocycles. The molecule has 1 aliphatic heterocycles. The van der Waals surface area contributed by atoms with E-state index in [1.165, 1.54) is 12.5 Å². The van der Waals surface area contributed by atoms with Crippen molar-refractivity contribution in [1.29, 1.82) is 0 Å². The quantitative estimate of drug-likeness (QED) is 0.592. The molecule has 0 aromatic heterocycles. The fraction of sp³-hybridized carbons (Fsp3) is 0.818. The van der Waals surface area contributed by atoms with Crippen molar-refractivity contribution in [1.82, 2.24) is 0 Å². The summed E-state index contributed by atoms with van der Waals surface area (Å²) in [6.45, 7) is 10.5. The van der Waals surface area contributed by atoms with Crippen LogP contribution in [0.3, 0.4) is 0 Å². The largest absolute Gasteiger partial charge is 0.454 e. The smallest absolute Gasteiger partial charge is 0.303 e. The molecule has 5 heteroatoms. The number of aliphatic hydroxyl groups excluding tert-OH is 1. The van der Waals surface area contributed by atoms with Crippen molar-refractivity contribution in [2.45, 2.75) is 78.6 Å². The number of rotatable bonds is 2. The predicted molar refractivity (Wildman–Crippen MR) is 99.8 cm³/mol. The van der Waals surface area contributed by atoms with Crippen LogP contribution in [0.25, 0.3) is 0 Å². The predicted octanol–water partition coefficient (Wildman–Crippen LogP) is 3.05. The number of ether oxygens (including phenoxy) is 2. The van der Waals surface area contributed by atoms with Crippen molar-refractivity contribution in [3.63, 3.8) is 0 Å². The molecule has 0 unspecified atom stereocenters. The van der Waals surface area contributed by atoms with Crippen LogP contribution in [0.5, 0.6) is 0 Å². The number of hydrogen-bond donors (Lipinski definition) is 1. The number of carbonyl (C=O) groups excluding carboxylic acids is 2. The molecule has 0 radical (unpaired) electrons. The highest BCUT2D eigenvalue weighted by atomic mass is 16.5. The second-order valence-corrected chi connectivity index (χ2v) is 9.97. The van der Waals surface area contributed by atoms with Gasteiger partial charge in [0.15, 0.2) is 11.9 Å². The highest BCUT2D eigenvalue weighted by molar-refractivity contribution is 5.92. The van der Waals surface area contributed by atoms with Gasteiger partial charge >= 0.3 is 5.97 Å². The number of Topliss-reactive ketones (excluding diaryl/α,β-unsaturated/α-hetero) is 1. The van der Waals surface area contributed by atoms with E-state index in [-0.39, 0.29) is 40.5 Å². The third-order valence-electron chi connectivity index (χ3n) is 7.99. The van der Waals surface area contributed by atoms with Gasteiger partial charge in [0.25, 0.3) is 0 Å². The average molecular weight is 376 g/mol. The van der Waals surface area contributed by atoms with Crippen LogP contribution in [0.2, 0.25) is 0 Å². The lowest BCUT2D eigenvalue weighted by Crippen LogP contribution is -2.40. The topological polar surface area (TPSA) is 72.8 Å². The van der Waals surface area contributed by atoms with Gasteiger partial charge in [-0.2, -0.15) is 0 Å². The number of carbonyl (C=O) groups is 2. The maximum atomic E-state index is 13.6. The van der Waals surface area contributed by atoms with Crippen LogP contribution >= 0.6 is 0 Å². The van der Waals surface area contributed by atoms with Crippen LogP contribution in [-0.2, 0) is 19.1 Å². The minimum atomic E-state index is -0.691. The Morgan fingerprint density at radius 2 is 1.96 bits per heavy atom. The summed E-state index contributed by atoms with van der Waals surface area (Å²) in [4.78, 5) is 25.3. The lowest BCUT2D eigenvalue weighted by Gasteiger charge is -2.39. The van der Waals surface area contributed by atoms with E-state index in [9.17, 15) is 14.7 Å². The third kappa shape index (κ3) is 2.57. The lowest BCUT2D eigenvalue weighted by molar-refractivity contribution is -0.155. The monoisotopic (exact) mass is 376 g/mol. The van der Waals surface area contributed by atoms with Crippen LogP contribution in [0, 0.1) is 28.6 Å². The van der Waals surface area contributed by atoms with Crippen LogP contribution in [0.4, 0.5) is 0 Å². The molecule has 4 rings (SSSR count). The molecule has 5 nitrogen and oxygen atoms in total. The zero-order valence-electron chi connectivity index (χ0n) is 17.1. The Kier molecular flexibility index (Phi) is 4.36. The molecule has 1 N–H and O–H groups in total. The standard InChI is InChI=1S/C22H32O5/c1-11(2)15-20(27-12(3)23)18(25)17-19-16-13(10-26-19)14(24)6-7-21(16,4)8-9-22(15,17)5/h11,14-15,17,19-20,24H,6-10H2,1-5H3/t14-,15-,17+,19-,20+,21-,22+/m1/s1. The van der Waals surface area contributed by atoms with Crippen LogP contribution in [0.1, 0.15) is 60.3 Å². The minimum absolute atomic E-state index is 0.00876. The molecule has 7 atom stereocenters. The van der Waals surface area contributed by atoms with Gasteiger partial charge in [0.1, 0.15) is 0 Å². The molecule has 0 amide bonds. The average Bonchev–Trinajstić information content (AvgIpc) is 3.06. The van der Waals surface area contributed by atoms with Gasteiger partial charge in [-0.1, -0.05) is 27.7 Å². The van der Waals surface area contributed by atoms with Gasteiger partial charge in [0, 0.05) is 12.8 Å². The fourth-order valence-corrected chi connectivity index (χ4v) is 6.83. The molecule has 1 heterocycles. The Labute approximate surface area is 161 Å². The molecule has 27 heavy (non-hydrogen) atoms. The van der Waals surface area contributed by atoms with Gasteiger partial charge in [-0.3, -0.25) is 9.59 Å². The zero-order chi connectivity index (χ0) is 19.7. The highest BCUT2D eigenvalue weighted by Gasteiger charge is 2.66. The van der Waals surface area contributed by atoms with Gasteiger partial charge in [-0.05, 0) is 53.6 Å². The SMILES string of the molecule is CC(=O)O[C@@H]1C(=O)[C@H]2[C@@H]3OCC4=C3[C@](C)(CC[C@H]4O)CC[C@@]2(C)[C@@H]1C(C)C. The summed E-state index contributed by atoms with van der Waals surface area (Å²) in [5.41, 5.74) is 1.89. The van der Waals surface area contributed by atoms with Crippen molar-refractivity contribution in [2.24, 2.45) is 28.6 Å². The lowest BCUT2D eigenvalue weighted by atomic mass is 9.66. The normalized spacial score (nSPS) is 46.3. The van der Waals surface area contributed by atoms with E-state index in [0.29, 0.717) is 6.61 Å². The second kappa shape index (κ2) is 6.15. The van der Waals surface area contributed by atoms with Gasteiger partial charge in [-0.15, -0.1) is 0 Å². The Hall–Kier alpha value is -1.20. The summed E-state index contributed by atoms with van der Waals surface area (Å²) in [6.07, 6.45) is 2.16. The molecule has 0 aromatic carbocycles. The van der Waals surface area contributed by atoms with Crippen molar-refractivity contribution in [3.05, 3.63) is 11.1 Å². The first-order valence-corrected chi connectivity index (χ1v) is 10.3. The first-order valence-electron chi connectivity index (χ1n) is 10.3. The number of hydrogen-bond acceptors (Lipinski definition) is 5. The minimum Gasteiger partial charge on any atom is -0.454 e. The summed E-state index contributed by atoms with van der Waals surface area (Å²) in [6, 6.07) is 0. The molecule has 4 aliphatic rings. The van der Waals surface area contributed by atoms with E-state index < -0.39 is 18.2 Å². The van der Waals surface area contributed by atoms with E-state index in [2.05, 4.69) is 27.7 Å². The molecule has 0 spiro atoms. The van der Waals surface area contributed by atoms with Crippen LogP contribution in [-0.4, -0.2) is 41.8 Å². The van der Waals surface area contributed by atoms with Crippen LogP contribution in [0.15, 0.2) is 11.1 Å². The first-order chi connectivity index (χ1) is 12.6. The number of aliphatic hydroxyl groups is 1. The first kappa shape index (κ1) is 19.1. The maximum absolute atomic E-state index is 13.6. The molecule has 2 fully saturated rings. The van der Waals surface area contributed by atoms with E-state index in [1.54, 1.807) is 0 Å². The summed E-state index contributed by atoms with van der Waals surface area (Å²) in [5, 5.41) is 10.5. The van der Waals surface area contributed by atoms with Crippen molar-refractivity contribution in [2.75, 3.05) is 6.61 Å². The Bertz CT molecular complexity index is 709. The Morgan fingerprint density at radius 3 is 2.59 bits per heavy atom. The van der Waals surface area contributed by atoms with Crippen molar-refractivity contribution < 1.29 is 24.2 Å². The highest BCUT2D eigenvalue weighted by Crippen LogP contribution is 2.63. The molecule has 150 valence electrons. The van der Waals surface area contributed by atoms with E-state index in [4.69, 9.17) is 9.47 Å². The third-order valence-corrected chi connectivity index (χ3v) is 7.99. The summed E-state index contributed by atoms with van der Waals surface area (Å²) < 4.78 is 11.8. The molecule has 0 bridgehead atoms. The Balaban J connectivity index is 1.84. The zero-order valence-corrected chi connectivity index (χ0v) is 17.1. The van der Waals surface area contributed by atoms with Gasteiger partial charge < -0.3 is 14.6 Å². The summed E-state index contributed by atoms with van der Waals surface area (Å²) >= 11 is 0. The van der Waals surface area contributed by atoms with Gasteiger partial charge in [0.05, 0.1) is 24.7 Å². The fourth-order valence-electron chi connectivity index (χ4n) is 6.83. The van der Waals surface area contributed by atoms with Crippen LogP contribution < -0.4 is 0 Å². The number of fused-ring (bicyclic) bond motifs is 2. The molecule has 0 aromatic rings. The van der Waals surface area contributed by atoms with E-state index in [1.807, 2.05) is 0 Å². The van der Waals surface area contributed by atoms with E-state index >= 15 is 0 Å². The number of esters is 1. The molecular weight excluding hydrogens is 344 g/mol. The van der Waals surface area contributed by atoms with E-state index in [0.717, 1.165) is 31.3 Å². The van der Waals surface area contributed by atoms with Crippen molar-refractivity contribution in [3.8, 4) is 0 Å². The molecule has 0 saturated heterocycles. The summed E-state index contributed by atoms with van der Waals surface area (Å²) in [5.74, 6) is -0.491. The maximum Gasteiger partial charge on any atom is 0.303 e.